The molecule has 0 bridgehead atoms. The highest BCUT2D eigenvalue weighted by Gasteiger charge is 2.19. The first kappa shape index (κ1) is 12.2. The summed E-state index contributed by atoms with van der Waals surface area (Å²) in [7, 11) is 0. The summed E-state index contributed by atoms with van der Waals surface area (Å²) in [5, 5.41) is 11.2. The van der Waals surface area contributed by atoms with Gasteiger partial charge in [0.25, 0.3) is 0 Å². The normalized spacial score (nSPS) is 11.9. The zero-order valence-corrected chi connectivity index (χ0v) is 9.36. The quantitative estimate of drug-likeness (QED) is 0.754. The first-order chi connectivity index (χ1) is 7.50. The van der Waals surface area contributed by atoms with Crippen LogP contribution in [0.15, 0.2) is 24.3 Å². The molecule has 0 fully saturated rings. The number of hydrogen-bond acceptors (Lipinski definition) is 2. The lowest BCUT2D eigenvalue weighted by Gasteiger charge is -2.08. The maximum absolute atomic E-state index is 11.4. The lowest BCUT2D eigenvalue weighted by molar-refractivity contribution is -0.146. The third kappa shape index (κ3) is 3.38. The van der Waals surface area contributed by atoms with E-state index >= 15 is 0 Å². The van der Waals surface area contributed by atoms with Gasteiger partial charge in [0.05, 0.1) is 0 Å². The minimum Gasteiger partial charge on any atom is -0.481 e. The van der Waals surface area contributed by atoms with Crippen molar-refractivity contribution in [1.29, 1.82) is 0 Å². The Balaban J connectivity index is 2.52. The van der Waals surface area contributed by atoms with Crippen LogP contribution >= 0.6 is 0 Å². The van der Waals surface area contributed by atoms with Gasteiger partial charge in [-0.25, -0.2) is 0 Å². The van der Waals surface area contributed by atoms with E-state index in [9.17, 15) is 9.59 Å². The van der Waals surface area contributed by atoms with Crippen LogP contribution in [0.2, 0.25) is 0 Å². The summed E-state index contributed by atoms with van der Waals surface area (Å²) in [6, 6.07) is 7.70. The number of nitrogens with one attached hydrogen (secondary N) is 1. The zero-order valence-electron chi connectivity index (χ0n) is 9.36. The highest BCUT2D eigenvalue weighted by Crippen LogP contribution is 2.04. The molecule has 0 spiro atoms. The summed E-state index contributed by atoms with van der Waals surface area (Å²) in [4.78, 5) is 21.9. The Hall–Kier alpha value is -1.84. The molecule has 0 radical (unpaired) electrons. The summed E-state index contributed by atoms with van der Waals surface area (Å²) in [6.07, 6.45) is 0. The molecule has 0 saturated carbocycles. The number of amides is 1. The van der Waals surface area contributed by atoms with E-state index in [4.69, 9.17) is 5.11 Å². The second kappa shape index (κ2) is 5.30. The Kier molecular flexibility index (Phi) is 4.05. The maximum Gasteiger partial charge on any atom is 0.315 e. The van der Waals surface area contributed by atoms with Crippen molar-refractivity contribution in [3.8, 4) is 0 Å². The number of aryl methyl sites for hydroxylation is 1. The fraction of sp³-hybridized carbons (Fsp3) is 0.333. The van der Waals surface area contributed by atoms with Crippen LogP contribution < -0.4 is 5.32 Å². The van der Waals surface area contributed by atoms with E-state index in [2.05, 4.69) is 5.32 Å². The molecule has 4 heteroatoms. The van der Waals surface area contributed by atoms with Crippen molar-refractivity contribution >= 4 is 11.9 Å². The third-order valence-corrected chi connectivity index (χ3v) is 2.31. The molecule has 1 amide bonds. The average Bonchev–Trinajstić information content (AvgIpc) is 2.24. The van der Waals surface area contributed by atoms with Gasteiger partial charge in [0.2, 0.25) is 5.91 Å². The predicted octanol–water partition coefficient (Wildman–Crippen LogP) is 1.33. The van der Waals surface area contributed by atoms with Crippen LogP contribution in [0.25, 0.3) is 0 Å². The molecule has 2 N–H and O–H groups in total. The van der Waals surface area contributed by atoms with Gasteiger partial charge in [-0.2, -0.15) is 0 Å². The van der Waals surface area contributed by atoms with Gasteiger partial charge in [-0.1, -0.05) is 29.8 Å². The fourth-order valence-corrected chi connectivity index (χ4v) is 1.28. The first-order valence-electron chi connectivity index (χ1n) is 5.07. The minimum absolute atomic E-state index is 0.359. The van der Waals surface area contributed by atoms with E-state index < -0.39 is 17.8 Å². The number of carboxylic acid groups (broad SMARTS) is 1. The number of rotatable bonds is 4. The molecule has 0 aliphatic heterocycles. The predicted molar refractivity (Wildman–Crippen MR) is 59.8 cm³/mol. The van der Waals surface area contributed by atoms with Crippen LogP contribution in [0, 0.1) is 12.8 Å². The SMILES string of the molecule is Cc1cccc(CNC(=O)C(C)C(=O)O)c1. The summed E-state index contributed by atoms with van der Waals surface area (Å²) >= 11 is 0. The molecule has 0 aliphatic carbocycles. The van der Waals surface area contributed by atoms with Crippen LogP contribution in [0.4, 0.5) is 0 Å². The Morgan fingerprint density at radius 3 is 2.69 bits per heavy atom. The number of carbonyl (C=O) groups is 2. The Morgan fingerprint density at radius 1 is 1.44 bits per heavy atom. The van der Waals surface area contributed by atoms with Crippen LogP contribution in [0.1, 0.15) is 18.1 Å². The number of benzene rings is 1. The minimum atomic E-state index is -1.11. The standard InChI is InChI=1S/C12H15NO3/c1-8-4-3-5-10(6-8)7-13-11(14)9(2)12(15)16/h3-6,9H,7H2,1-2H3,(H,13,14)(H,15,16). The number of hydrogen-bond donors (Lipinski definition) is 2. The van der Waals surface area contributed by atoms with Crippen molar-refractivity contribution in [1.82, 2.24) is 5.32 Å². The van der Waals surface area contributed by atoms with E-state index in [1.807, 2.05) is 31.2 Å². The van der Waals surface area contributed by atoms with Crippen molar-refractivity contribution in [2.45, 2.75) is 20.4 Å². The Morgan fingerprint density at radius 2 is 2.12 bits per heavy atom. The van der Waals surface area contributed by atoms with E-state index in [1.54, 1.807) is 0 Å². The van der Waals surface area contributed by atoms with Crippen LogP contribution in [-0.2, 0) is 16.1 Å². The molecule has 16 heavy (non-hydrogen) atoms. The van der Waals surface area contributed by atoms with Gasteiger partial charge in [0, 0.05) is 6.54 Å². The molecule has 0 aliphatic rings. The number of aliphatic carboxylic acids is 1. The van der Waals surface area contributed by atoms with E-state index in [0.717, 1.165) is 11.1 Å². The summed E-state index contributed by atoms with van der Waals surface area (Å²) in [5.41, 5.74) is 2.07. The summed E-state index contributed by atoms with van der Waals surface area (Å²) in [5.74, 6) is -2.58. The molecule has 1 rings (SSSR count). The van der Waals surface area contributed by atoms with Gasteiger partial charge >= 0.3 is 5.97 Å². The molecule has 0 heterocycles. The monoisotopic (exact) mass is 221 g/mol. The van der Waals surface area contributed by atoms with E-state index in [0.29, 0.717) is 6.54 Å². The topological polar surface area (TPSA) is 66.4 Å². The van der Waals surface area contributed by atoms with Crippen molar-refractivity contribution in [2.24, 2.45) is 5.92 Å². The van der Waals surface area contributed by atoms with Gasteiger partial charge < -0.3 is 10.4 Å². The molecule has 1 atom stereocenters. The number of carboxylic acids is 1. The lowest BCUT2D eigenvalue weighted by Crippen LogP contribution is -2.33. The number of carbonyl (C=O) groups excluding carboxylic acids is 1. The lowest BCUT2D eigenvalue weighted by atomic mass is 10.1. The van der Waals surface area contributed by atoms with Crippen molar-refractivity contribution in [3.63, 3.8) is 0 Å². The Bertz CT molecular complexity index is 401. The molecular weight excluding hydrogens is 206 g/mol. The average molecular weight is 221 g/mol. The molecule has 1 aromatic rings. The van der Waals surface area contributed by atoms with Crippen molar-refractivity contribution < 1.29 is 14.7 Å². The highest BCUT2D eigenvalue weighted by molar-refractivity contribution is 5.96. The zero-order chi connectivity index (χ0) is 12.1. The molecule has 0 aromatic heterocycles. The van der Waals surface area contributed by atoms with Gasteiger partial charge in [-0.3, -0.25) is 9.59 Å². The van der Waals surface area contributed by atoms with Crippen molar-refractivity contribution in [3.05, 3.63) is 35.4 Å². The van der Waals surface area contributed by atoms with Gasteiger partial charge in [0.15, 0.2) is 0 Å². The second-order valence-electron chi connectivity index (χ2n) is 3.77. The van der Waals surface area contributed by atoms with Crippen LogP contribution in [0.5, 0.6) is 0 Å². The van der Waals surface area contributed by atoms with Crippen LogP contribution in [-0.4, -0.2) is 17.0 Å². The smallest absolute Gasteiger partial charge is 0.315 e. The highest BCUT2D eigenvalue weighted by atomic mass is 16.4. The van der Waals surface area contributed by atoms with Crippen molar-refractivity contribution in [2.75, 3.05) is 0 Å². The largest absolute Gasteiger partial charge is 0.481 e. The molecule has 1 aromatic carbocycles. The summed E-state index contributed by atoms with van der Waals surface area (Å²) < 4.78 is 0. The maximum atomic E-state index is 11.4. The second-order valence-corrected chi connectivity index (χ2v) is 3.77. The molecular formula is C12H15NO3. The van der Waals surface area contributed by atoms with Crippen LogP contribution in [0.3, 0.4) is 0 Å². The van der Waals surface area contributed by atoms with Gasteiger partial charge in [-0.15, -0.1) is 0 Å². The van der Waals surface area contributed by atoms with Gasteiger partial charge in [-0.05, 0) is 19.4 Å². The summed E-state index contributed by atoms with van der Waals surface area (Å²) in [6.45, 7) is 3.69. The third-order valence-electron chi connectivity index (χ3n) is 2.31. The van der Waals surface area contributed by atoms with E-state index in [-0.39, 0.29) is 0 Å². The molecule has 1 unspecified atom stereocenters. The Labute approximate surface area is 94.3 Å². The molecule has 86 valence electrons. The fourth-order valence-electron chi connectivity index (χ4n) is 1.28. The molecule has 0 saturated heterocycles. The van der Waals surface area contributed by atoms with E-state index in [1.165, 1.54) is 6.92 Å². The van der Waals surface area contributed by atoms with Gasteiger partial charge in [0.1, 0.15) is 5.92 Å². The first-order valence-corrected chi connectivity index (χ1v) is 5.07. The molecule has 4 nitrogen and oxygen atoms in total.